The van der Waals surface area contributed by atoms with E-state index in [0.29, 0.717) is 23.4 Å². The molecule has 0 fully saturated rings. The lowest BCUT2D eigenvalue weighted by atomic mass is 10.3. The highest BCUT2D eigenvalue weighted by molar-refractivity contribution is 9.10. The van der Waals surface area contributed by atoms with Crippen molar-refractivity contribution in [3.8, 4) is 5.75 Å². The van der Waals surface area contributed by atoms with Crippen LogP contribution in [0, 0.1) is 10.1 Å². The van der Waals surface area contributed by atoms with E-state index in [1.165, 1.54) is 12.1 Å². The van der Waals surface area contributed by atoms with Crippen LogP contribution in [-0.4, -0.2) is 18.1 Å². The zero-order valence-corrected chi connectivity index (χ0v) is 8.86. The van der Waals surface area contributed by atoms with Crippen LogP contribution in [0.25, 0.3) is 0 Å². The van der Waals surface area contributed by atoms with Crippen LogP contribution < -0.4 is 10.5 Å². The van der Waals surface area contributed by atoms with Crippen molar-refractivity contribution >= 4 is 21.6 Å². The molecule has 1 aromatic carbocycles. The Labute approximate surface area is 89.1 Å². The van der Waals surface area contributed by atoms with Gasteiger partial charge in [-0.15, -0.1) is 0 Å². The second kappa shape index (κ2) is 4.92. The van der Waals surface area contributed by atoms with Crippen molar-refractivity contribution in [3.63, 3.8) is 0 Å². The van der Waals surface area contributed by atoms with Crippen LogP contribution in [0.3, 0.4) is 0 Å². The van der Waals surface area contributed by atoms with Crippen molar-refractivity contribution in [1.82, 2.24) is 0 Å². The van der Waals surface area contributed by atoms with Crippen LogP contribution in [0.4, 0.5) is 5.69 Å². The molecule has 0 bridgehead atoms. The monoisotopic (exact) mass is 260 g/mol. The molecule has 0 aromatic heterocycles. The van der Waals surface area contributed by atoms with Gasteiger partial charge in [0.2, 0.25) is 0 Å². The third kappa shape index (κ3) is 2.68. The van der Waals surface area contributed by atoms with E-state index >= 15 is 0 Å². The molecule has 0 aliphatic rings. The lowest BCUT2D eigenvalue weighted by Gasteiger charge is -2.05. The van der Waals surface area contributed by atoms with E-state index in [1.807, 2.05) is 0 Å². The first-order valence-corrected chi connectivity index (χ1v) is 4.71. The van der Waals surface area contributed by atoms with Gasteiger partial charge in [-0.3, -0.25) is 10.1 Å². The third-order valence-corrected chi connectivity index (χ3v) is 2.16. The van der Waals surface area contributed by atoms with Gasteiger partial charge in [-0.25, -0.2) is 0 Å². The van der Waals surface area contributed by atoms with Crippen LogP contribution in [0.15, 0.2) is 22.7 Å². The fourth-order valence-corrected chi connectivity index (χ4v) is 1.25. The maximum Gasteiger partial charge on any atom is 0.273 e. The average Bonchev–Trinajstić information content (AvgIpc) is 2.16. The van der Waals surface area contributed by atoms with Crippen molar-refractivity contribution < 1.29 is 9.66 Å². The Kier molecular flexibility index (Phi) is 3.84. The molecular weight excluding hydrogens is 252 g/mol. The van der Waals surface area contributed by atoms with E-state index in [0.717, 1.165) is 0 Å². The molecule has 1 rings (SSSR count). The fraction of sp³-hybridized carbons (Fsp3) is 0.250. The van der Waals surface area contributed by atoms with E-state index in [-0.39, 0.29) is 5.69 Å². The molecule has 0 saturated heterocycles. The number of hydrogen-bond acceptors (Lipinski definition) is 4. The molecule has 76 valence electrons. The number of hydrogen-bond donors (Lipinski definition) is 1. The normalized spacial score (nSPS) is 9.86. The van der Waals surface area contributed by atoms with Crippen LogP contribution >= 0.6 is 15.9 Å². The molecule has 5 nitrogen and oxygen atoms in total. The lowest BCUT2D eigenvalue weighted by molar-refractivity contribution is -0.385. The van der Waals surface area contributed by atoms with Crippen LogP contribution in [0.1, 0.15) is 0 Å². The Balaban J connectivity index is 2.90. The standard InChI is InChI=1S/C8H9BrN2O3/c9-7-2-1-6(11(12)13)5-8(7)14-4-3-10/h1-2,5H,3-4,10H2. The van der Waals surface area contributed by atoms with Crippen molar-refractivity contribution in [3.05, 3.63) is 32.8 Å². The second-order valence-electron chi connectivity index (χ2n) is 2.51. The number of nitro benzene ring substituents is 1. The molecule has 0 amide bonds. The number of rotatable bonds is 4. The Morgan fingerprint density at radius 2 is 2.29 bits per heavy atom. The summed E-state index contributed by atoms with van der Waals surface area (Å²) in [6.45, 7) is 0.703. The van der Waals surface area contributed by atoms with Gasteiger partial charge in [0.25, 0.3) is 5.69 Å². The molecule has 0 aliphatic carbocycles. The van der Waals surface area contributed by atoms with Gasteiger partial charge >= 0.3 is 0 Å². The summed E-state index contributed by atoms with van der Waals surface area (Å²) in [5, 5.41) is 10.4. The minimum Gasteiger partial charge on any atom is -0.491 e. The topological polar surface area (TPSA) is 78.4 Å². The van der Waals surface area contributed by atoms with Crippen molar-refractivity contribution in [1.29, 1.82) is 0 Å². The largest absolute Gasteiger partial charge is 0.491 e. The highest BCUT2D eigenvalue weighted by Crippen LogP contribution is 2.28. The maximum absolute atomic E-state index is 10.4. The molecule has 0 spiro atoms. The highest BCUT2D eigenvalue weighted by atomic mass is 79.9. The van der Waals surface area contributed by atoms with Gasteiger partial charge in [0, 0.05) is 12.6 Å². The summed E-state index contributed by atoms with van der Waals surface area (Å²) in [5.74, 6) is 0.435. The van der Waals surface area contributed by atoms with E-state index in [4.69, 9.17) is 10.5 Å². The minimum atomic E-state index is -0.470. The summed E-state index contributed by atoms with van der Waals surface area (Å²) in [7, 11) is 0. The number of nitro groups is 1. The first-order valence-electron chi connectivity index (χ1n) is 3.92. The third-order valence-electron chi connectivity index (χ3n) is 1.50. The Bertz CT molecular complexity index is 343. The summed E-state index contributed by atoms with van der Waals surface area (Å²) >= 11 is 3.22. The van der Waals surface area contributed by atoms with Crippen molar-refractivity contribution in [2.45, 2.75) is 0 Å². The quantitative estimate of drug-likeness (QED) is 0.660. The molecule has 6 heteroatoms. The number of non-ortho nitro benzene ring substituents is 1. The molecule has 1 aromatic rings. The van der Waals surface area contributed by atoms with Crippen molar-refractivity contribution in [2.24, 2.45) is 5.73 Å². The smallest absolute Gasteiger partial charge is 0.273 e. The van der Waals surface area contributed by atoms with Gasteiger partial charge in [-0.1, -0.05) is 0 Å². The molecule has 0 aliphatic heterocycles. The van der Waals surface area contributed by atoms with Gasteiger partial charge in [0.15, 0.2) is 0 Å². The van der Waals surface area contributed by atoms with Gasteiger partial charge < -0.3 is 10.5 Å². The first-order chi connectivity index (χ1) is 6.65. The summed E-state index contributed by atoms with van der Waals surface area (Å²) in [4.78, 5) is 9.98. The Morgan fingerprint density at radius 1 is 1.57 bits per heavy atom. The molecule has 0 atom stereocenters. The summed E-state index contributed by atoms with van der Waals surface area (Å²) in [6.07, 6.45) is 0. The molecule has 2 N–H and O–H groups in total. The highest BCUT2D eigenvalue weighted by Gasteiger charge is 2.09. The van der Waals surface area contributed by atoms with E-state index in [9.17, 15) is 10.1 Å². The predicted molar refractivity (Wildman–Crippen MR) is 55.3 cm³/mol. The van der Waals surface area contributed by atoms with E-state index < -0.39 is 4.92 Å². The summed E-state index contributed by atoms with van der Waals surface area (Å²) in [5.41, 5.74) is 5.25. The fourth-order valence-electron chi connectivity index (χ4n) is 0.885. The molecule has 0 saturated carbocycles. The van der Waals surface area contributed by atoms with Gasteiger partial charge in [0.1, 0.15) is 12.4 Å². The number of nitrogens with two attached hydrogens (primary N) is 1. The second-order valence-corrected chi connectivity index (χ2v) is 3.36. The number of halogens is 1. The number of ether oxygens (including phenoxy) is 1. The van der Waals surface area contributed by atoms with E-state index in [2.05, 4.69) is 15.9 Å². The van der Waals surface area contributed by atoms with Gasteiger partial charge in [0.05, 0.1) is 15.5 Å². The summed E-state index contributed by atoms with van der Waals surface area (Å²) < 4.78 is 5.88. The zero-order chi connectivity index (χ0) is 10.6. The molecule has 14 heavy (non-hydrogen) atoms. The number of benzene rings is 1. The van der Waals surface area contributed by atoms with Gasteiger partial charge in [-0.05, 0) is 22.0 Å². The predicted octanol–water partition coefficient (Wildman–Crippen LogP) is 1.69. The lowest BCUT2D eigenvalue weighted by Crippen LogP contribution is -2.10. The first kappa shape index (κ1) is 10.9. The zero-order valence-electron chi connectivity index (χ0n) is 7.27. The molecular formula is C8H9BrN2O3. The minimum absolute atomic E-state index is 0.000205. The Morgan fingerprint density at radius 3 is 2.86 bits per heavy atom. The maximum atomic E-state index is 10.4. The molecule has 0 unspecified atom stereocenters. The van der Waals surface area contributed by atoms with Gasteiger partial charge in [-0.2, -0.15) is 0 Å². The van der Waals surface area contributed by atoms with Crippen LogP contribution in [0.5, 0.6) is 5.75 Å². The van der Waals surface area contributed by atoms with E-state index in [1.54, 1.807) is 6.07 Å². The average molecular weight is 261 g/mol. The van der Waals surface area contributed by atoms with Crippen LogP contribution in [-0.2, 0) is 0 Å². The van der Waals surface area contributed by atoms with Crippen molar-refractivity contribution in [2.75, 3.05) is 13.2 Å². The van der Waals surface area contributed by atoms with Crippen LogP contribution in [0.2, 0.25) is 0 Å². The molecule has 0 radical (unpaired) electrons. The molecule has 0 heterocycles. The summed E-state index contributed by atoms with van der Waals surface area (Å²) in [6, 6.07) is 4.34. The SMILES string of the molecule is NCCOc1cc([N+](=O)[O-])ccc1Br. The Hall–Kier alpha value is -1.14. The number of nitrogens with zero attached hydrogens (tertiary/aromatic N) is 1.